The molecule has 1 aromatic heterocycles. The minimum absolute atomic E-state index is 0.143. The Labute approximate surface area is 132 Å². The summed E-state index contributed by atoms with van der Waals surface area (Å²) in [6, 6.07) is 8.72. The number of phenols is 1. The van der Waals surface area contributed by atoms with Crippen molar-refractivity contribution >= 4 is 16.7 Å². The third kappa shape index (κ3) is 2.70. The van der Waals surface area contributed by atoms with E-state index in [1.54, 1.807) is 26.0 Å². The average Bonchev–Trinajstić information content (AvgIpc) is 2.45. The molecule has 0 spiro atoms. The highest BCUT2D eigenvalue weighted by Crippen LogP contribution is 2.34. The first-order valence-electron chi connectivity index (χ1n) is 7.25. The molecule has 2 aromatic carbocycles. The Hall–Kier alpha value is -2.69. The maximum absolute atomic E-state index is 14.2. The number of fused-ring (bicyclic) bond motifs is 1. The molecular formula is C18H16F2N2O. The molecule has 23 heavy (non-hydrogen) atoms. The monoisotopic (exact) mass is 314 g/mol. The standard InChI is InChI=1S/C18H16F2N2O/c1-9(2)18-14(20)6-11(8-16(18)23)10-5-13(19)12-3-4-17(21)22-15(12)7-10/h3-9,23H,1-2H3,(H2,21,22). The van der Waals surface area contributed by atoms with E-state index in [0.717, 1.165) is 0 Å². The van der Waals surface area contributed by atoms with Crippen LogP contribution in [0.4, 0.5) is 14.6 Å². The molecule has 118 valence electrons. The molecule has 3 nitrogen and oxygen atoms in total. The third-order valence-electron chi connectivity index (χ3n) is 3.80. The van der Waals surface area contributed by atoms with Gasteiger partial charge in [0.2, 0.25) is 0 Å². The molecule has 0 atom stereocenters. The molecule has 0 bridgehead atoms. The van der Waals surface area contributed by atoms with E-state index in [1.807, 2.05) is 0 Å². The molecule has 5 heteroatoms. The molecule has 0 aliphatic rings. The number of pyridine rings is 1. The van der Waals surface area contributed by atoms with Crippen molar-refractivity contribution in [2.75, 3.05) is 5.73 Å². The lowest BCUT2D eigenvalue weighted by Crippen LogP contribution is -1.96. The van der Waals surface area contributed by atoms with Gasteiger partial charge in [0.15, 0.2) is 0 Å². The maximum Gasteiger partial charge on any atom is 0.133 e. The Morgan fingerprint density at radius 3 is 2.30 bits per heavy atom. The van der Waals surface area contributed by atoms with Crippen LogP contribution >= 0.6 is 0 Å². The van der Waals surface area contributed by atoms with Gasteiger partial charge in [-0.05, 0) is 53.4 Å². The molecule has 0 amide bonds. The molecule has 0 radical (unpaired) electrons. The van der Waals surface area contributed by atoms with E-state index in [-0.39, 0.29) is 23.0 Å². The Morgan fingerprint density at radius 1 is 1.00 bits per heavy atom. The van der Waals surface area contributed by atoms with Crippen molar-refractivity contribution in [2.24, 2.45) is 0 Å². The topological polar surface area (TPSA) is 59.1 Å². The molecule has 0 saturated heterocycles. The van der Waals surface area contributed by atoms with Gasteiger partial charge in [-0.3, -0.25) is 0 Å². The summed E-state index contributed by atoms with van der Waals surface area (Å²) in [5.41, 5.74) is 7.07. The van der Waals surface area contributed by atoms with Gasteiger partial charge >= 0.3 is 0 Å². The van der Waals surface area contributed by atoms with Crippen LogP contribution in [-0.2, 0) is 0 Å². The van der Waals surface area contributed by atoms with Crippen LogP contribution in [0.25, 0.3) is 22.0 Å². The SMILES string of the molecule is CC(C)c1c(O)cc(-c2cc(F)c3ccc(N)nc3c2)cc1F. The fourth-order valence-electron chi connectivity index (χ4n) is 2.71. The van der Waals surface area contributed by atoms with Crippen LogP contribution in [0.1, 0.15) is 25.3 Å². The minimum atomic E-state index is -0.518. The molecule has 3 N–H and O–H groups in total. The highest BCUT2D eigenvalue weighted by atomic mass is 19.1. The summed E-state index contributed by atoms with van der Waals surface area (Å²) in [7, 11) is 0. The fourth-order valence-corrected chi connectivity index (χ4v) is 2.71. The van der Waals surface area contributed by atoms with Crippen LogP contribution in [0.2, 0.25) is 0 Å². The van der Waals surface area contributed by atoms with Crippen molar-refractivity contribution in [1.29, 1.82) is 0 Å². The molecule has 0 saturated carbocycles. The van der Waals surface area contributed by atoms with E-state index in [4.69, 9.17) is 5.73 Å². The molecule has 1 heterocycles. The van der Waals surface area contributed by atoms with Gasteiger partial charge in [-0.25, -0.2) is 13.8 Å². The zero-order valence-electron chi connectivity index (χ0n) is 12.8. The second-order valence-electron chi connectivity index (χ2n) is 5.81. The van der Waals surface area contributed by atoms with Crippen molar-refractivity contribution in [3.63, 3.8) is 0 Å². The van der Waals surface area contributed by atoms with Gasteiger partial charge < -0.3 is 10.8 Å². The van der Waals surface area contributed by atoms with Gasteiger partial charge in [-0.2, -0.15) is 0 Å². The summed E-state index contributed by atoms with van der Waals surface area (Å²) >= 11 is 0. The van der Waals surface area contributed by atoms with Crippen LogP contribution < -0.4 is 5.73 Å². The highest BCUT2D eigenvalue weighted by molar-refractivity contribution is 5.86. The van der Waals surface area contributed by atoms with E-state index in [9.17, 15) is 13.9 Å². The number of benzene rings is 2. The van der Waals surface area contributed by atoms with Gasteiger partial charge in [0, 0.05) is 10.9 Å². The number of aromatic nitrogens is 1. The maximum atomic E-state index is 14.2. The van der Waals surface area contributed by atoms with Crippen molar-refractivity contribution in [2.45, 2.75) is 19.8 Å². The molecular weight excluding hydrogens is 298 g/mol. The molecule has 0 aliphatic heterocycles. The predicted molar refractivity (Wildman–Crippen MR) is 87.3 cm³/mol. The molecule has 3 aromatic rings. The normalized spacial score (nSPS) is 11.3. The van der Waals surface area contributed by atoms with Gasteiger partial charge in [-0.1, -0.05) is 13.8 Å². The number of nitrogens with zero attached hydrogens (tertiary/aromatic N) is 1. The van der Waals surface area contributed by atoms with Crippen LogP contribution in [0.3, 0.4) is 0 Å². The van der Waals surface area contributed by atoms with Gasteiger partial charge in [-0.15, -0.1) is 0 Å². The number of nitrogens with two attached hydrogens (primary N) is 1. The van der Waals surface area contributed by atoms with Gasteiger partial charge in [0.05, 0.1) is 5.52 Å². The molecule has 0 fully saturated rings. The van der Waals surface area contributed by atoms with Crippen LogP contribution in [-0.4, -0.2) is 10.1 Å². The zero-order chi connectivity index (χ0) is 16.7. The number of nitrogen functional groups attached to an aromatic ring is 1. The van der Waals surface area contributed by atoms with E-state index in [0.29, 0.717) is 22.0 Å². The second kappa shape index (κ2) is 5.50. The number of hydrogen-bond acceptors (Lipinski definition) is 3. The Bertz CT molecular complexity index is 884. The van der Waals surface area contributed by atoms with E-state index < -0.39 is 11.6 Å². The number of halogens is 2. The minimum Gasteiger partial charge on any atom is -0.508 e. The van der Waals surface area contributed by atoms with Gasteiger partial charge in [0.1, 0.15) is 23.2 Å². The van der Waals surface area contributed by atoms with Crippen LogP contribution in [0.15, 0.2) is 36.4 Å². The molecule has 0 unspecified atom stereocenters. The van der Waals surface area contributed by atoms with Crippen molar-refractivity contribution in [1.82, 2.24) is 4.98 Å². The predicted octanol–water partition coefficient (Wildman–Crippen LogP) is 4.59. The summed E-state index contributed by atoms with van der Waals surface area (Å²) in [6.45, 7) is 3.58. The summed E-state index contributed by atoms with van der Waals surface area (Å²) in [5, 5.41) is 10.4. The fraction of sp³-hybridized carbons (Fsp3) is 0.167. The van der Waals surface area contributed by atoms with Crippen molar-refractivity contribution < 1.29 is 13.9 Å². The third-order valence-corrected chi connectivity index (χ3v) is 3.80. The first-order valence-corrected chi connectivity index (χ1v) is 7.25. The lowest BCUT2D eigenvalue weighted by atomic mass is 9.96. The smallest absolute Gasteiger partial charge is 0.133 e. The second-order valence-corrected chi connectivity index (χ2v) is 5.81. The summed E-state index contributed by atoms with van der Waals surface area (Å²) in [5.74, 6) is -1.01. The Morgan fingerprint density at radius 2 is 1.65 bits per heavy atom. The van der Waals surface area contributed by atoms with E-state index in [2.05, 4.69) is 4.98 Å². The van der Waals surface area contributed by atoms with Crippen LogP contribution in [0.5, 0.6) is 5.75 Å². The number of hydrogen-bond donors (Lipinski definition) is 2. The summed E-state index contributed by atoms with van der Waals surface area (Å²) in [4.78, 5) is 4.09. The van der Waals surface area contributed by atoms with E-state index >= 15 is 0 Å². The number of anilines is 1. The lowest BCUT2D eigenvalue weighted by molar-refractivity contribution is 0.454. The number of aromatic hydroxyl groups is 1. The highest BCUT2D eigenvalue weighted by Gasteiger charge is 2.15. The average molecular weight is 314 g/mol. The van der Waals surface area contributed by atoms with E-state index in [1.165, 1.54) is 24.3 Å². The van der Waals surface area contributed by atoms with Crippen molar-refractivity contribution in [3.8, 4) is 16.9 Å². The quantitative estimate of drug-likeness (QED) is 0.727. The number of phenolic OH excluding ortho intramolecular Hbond substituents is 1. The van der Waals surface area contributed by atoms with Crippen molar-refractivity contribution in [3.05, 3.63) is 53.6 Å². The Balaban J connectivity index is 2.21. The largest absolute Gasteiger partial charge is 0.508 e. The number of rotatable bonds is 2. The summed E-state index contributed by atoms with van der Waals surface area (Å²) < 4.78 is 28.5. The van der Waals surface area contributed by atoms with Crippen LogP contribution in [0, 0.1) is 11.6 Å². The molecule has 3 rings (SSSR count). The first-order chi connectivity index (χ1) is 10.9. The zero-order valence-corrected chi connectivity index (χ0v) is 12.8. The van der Waals surface area contributed by atoms with Gasteiger partial charge in [0.25, 0.3) is 0 Å². The lowest BCUT2D eigenvalue weighted by Gasteiger charge is -2.12. The Kier molecular flexibility index (Phi) is 3.64. The molecule has 0 aliphatic carbocycles. The first kappa shape index (κ1) is 15.2. The summed E-state index contributed by atoms with van der Waals surface area (Å²) in [6.07, 6.45) is 0.